The summed E-state index contributed by atoms with van der Waals surface area (Å²) in [4.78, 5) is 12.2. The van der Waals surface area contributed by atoms with E-state index in [0.29, 0.717) is 10.7 Å². The summed E-state index contributed by atoms with van der Waals surface area (Å²) >= 11 is 6.00. The molecule has 0 spiro atoms. The second-order valence-corrected chi connectivity index (χ2v) is 7.14. The first-order valence-corrected chi connectivity index (χ1v) is 8.42. The number of amides is 1. The molecule has 110 valence electrons. The highest BCUT2D eigenvalue weighted by atomic mass is 35.5. The normalized spacial score (nSPS) is 11.2. The molecule has 0 saturated carbocycles. The lowest BCUT2D eigenvalue weighted by Gasteiger charge is -2.08. The van der Waals surface area contributed by atoms with Crippen LogP contribution in [-0.2, 0) is 9.84 Å². The quantitative estimate of drug-likeness (QED) is 0.942. The van der Waals surface area contributed by atoms with E-state index in [0.717, 1.165) is 11.8 Å². The molecule has 1 N–H and O–H groups in total. The molecular formula is C15H14ClNO3S. The summed E-state index contributed by atoms with van der Waals surface area (Å²) in [6.07, 6.45) is 1.10. The molecule has 0 radical (unpaired) electrons. The molecule has 0 fully saturated rings. The zero-order valence-electron chi connectivity index (χ0n) is 11.6. The fraction of sp³-hybridized carbons (Fsp3) is 0.133. The number of hydrogen-bond donors (Lipinski definition) is 1. The van der Waals surface area contributed by atoms with Gasteiger partial charge in [-0.2, -0.15) is 0 Å². The Kier molecular flexibility index (Phi) is 4.34. The number of benzene rings is 2. The molecule has 0 aliphatic carbocycles. The van der Waals surface area contributed by atoms with Crippen LogP contribution in [0.1, 0.15) is 15.9 Å². The Bertz CT molecular complexity index is 800. The van der Waals surface area contributed by atoms with Crippen molar-refractivity contribution in [3.05, 3.63) is 58.6 Å². The predicted molar refractivity (Wildman–Crippen MR) is 83.7 cm³/mol. The number of carbonyl (C=O) groups is 1. The third-order valence-corrected chi connectivity index (χ3v) is 4.47. The van der Waals surface area contributed by atoms with E-state index in [1.54, 1.807) is 24.3 Å². The number of carbonyl (C=O) groups excluding carboxylic acids is 1. The molecule has 0 heterocycles. The van der Waals surface area contributed by atoms with E-state index in [1.807, 2.05) is 6.92 Å². The van der Waals surface area contributed by atoms with Crippen molar-refractivity contribution in [2.45, 2.75) is 11.8 Å². The van der Waals surface area contributed by atoms with Crippen LogP contribution in [0.5, 0.6) is 0 Å². The lowest BCUT2D eigenvalue weighted by Crippen LogP contribution is -2.12. The minimum absolute atomic E-state index is 0.108. The number of aryl methyl sites for hydroxylation is 1. The number of anilines is 1. The first-order valence-electron chi connectivity index (χ1n) is 6.15. The summed E-state index contributed by atoms with van der Waals surface area (Å²) < 4.78 is 23.0. The van der Waals surface area contributed by atoms with Gasteiger partial charge >= 0.3 is 0 Å². The number of halogens is 1. The summed E-state index contributed by atoms with van der Waals surface area (Å²) in [7, 11) is -3.35. The number of sulfone groups is 1. The molecule has 0 aromatic heterocycles. The Morgan fingerprint density at radius 3 is 2.48 bits per heavy atom. The average Bonchev–Trinajstić information content (AvgIpc) is 2.42. The van der Waals surface area contributed by atoms with Gasteiger partial charge in [-0.05, 0) is 42.8 Å². The Morgan fingerprint density at radius 1 is 1.14 bits per heavy atom. The standard InChI is InChI=1S/C15H14ClNO3S/c1-10-6-7-12(9-14(10)16)17-15(18)11-4-3-5-13(8-11)21(2,19)20/h3-9H,1-2H3,(H,17,18). The Morgan fingerprint density at radius 2 is 1.86 bits per heavy atom. The first-order chi connectivity index (χ1) is 9.77. The topological polar surface area (TPSA) is 63.2 Å². The third kappa shape index (κ3) is 3.83. The summed E-state index contributed by atoms with van der Waals surface area (Å²) in [5, 5.41) is 3.24. The van der Waals surface area contributed by atoms with Crippen molar-refractivity contribution in [2.24, 2.45) is 0 Å². The van der Waals surface area contributed by atoms with Gasteiger partial charge in [0.05, 0.1) is 4.90 Å². The summed E-state index contributed by atoms with van der Waals surface area (Å²) in [5.74, 6) is -0.389. The molecule has 1 amide bonds. The fourth-order valence-corrected chi connectivity index (χ4v) is 2.59. The molecule has 21 heavy (non-hydrogen) atoms. The van der Waals surface area contributed by atoms with Crippen molar-refractivity contribution in [1.29, 1.82) is 0 Å². The maximum Gasteiger partial charge on any atom is 0.255 e. The van der Waals surface area contributed by atoms with Gasteiger partial charge in [0.25, 0.3) is 5.91 Å². The van der Waals surface area contributed by atoms with Crippen molar-refractivity contribution in [2.75, 3.05) is 11.6 Å². The van der Waals surface area contributed by atoms with Crippen LogP contribution in [0.3, 0.4) is 0 Å². The molecule has 4 nitrogen and oxygen atoms in total. The van der Waals surface area contributed by atoms with E-state index in [4.69, 9.17) is 11.6 Å². The van der Waals surface area contributed by atoms with Crippen molar-refractivity contribution >= 4 is 33.0 Å². The van der Waals surface area contributed by atoms with Crippen LogP contribution < -0.4 is 5.32 Å². The van der Waals surface area contributed by atoms with Gasteiger partial charge in [0, 0.05) is 22.5 Å². The molecule has 2 rings (SSSR count). The van der Waals surface area contributed by atoms with Crippen LogP contribution in [0, 0.1) is 6.92 Å². The number of rotatable bonds is 3. The van der Waals surface area contributed by atoms with Crippen LogP contribution in [0.2, 0.25) is 5.02 Å². The molecular weight excluding hydrogens is 310 g/mol. The largest absolute Gasteiger partial charge is 0.322 e. The molecule has 2 aromatic carbocycles. The third-order valence-electron chi connectivity index (χ3n) is 2.95. The predicted octanol–water partition coefficient (Wildman–Crippen LogP) is 3.30. The van der Waals surface area contributed by atoms with Gasteiger partial charge in [0.15, 0.2) is 9.84 Å². The molecule has 0 aliphatic heterocycles. The van der Waals surface area contributed by atoms with Gasteiger partial charge in [-0.1, -0.05) is 23.7 Å². The molecule has 0 aliphatic rings. The monoisotopic (exact) mass is 323 g/mol. The Balaban J connectivity index is 2.26. The van der Waals surface area contributed by atoms with Crippen molar-refractivity contribution in [1.82, 2.24) is 0 Å². The molecule has 0 unspecified atom stereocenters. The highest BCUT2D eigenvalue weighted by Gasteiger charge is 2.12. The van der Waals surface area contributed by atoms with Gasteiger partial charge in [-0.3, -0.25) is 4.79 Å². The van der Waals surface area contributed by atoms with Gasteiger partial charge in [-0.15, -0.1) is 0 Å². The Hall–Kier alpha value is -1.85. The summed E-state index contributed by atoms with van der Waals surface area (Å²) in [5.41, 5.74) is 1.74. The maximum absolute atomic E-state index is 12.1. The van der Waals surface area contributed by atoms with Crippen molar-refractivity contribution in [3.8, 4) is 0 Å². The van der Waals surface area contributed by atoms with Crippen LogP contribution in [-0.4, -0.2) is 20.6 Å². The van der Waals surface area contributed by atoms with Crippen LogP contribution in [0.4, 0.5) is 5.69 Å². The molecule has 2 aromatic rings. The fourth-order valence-electron chi connectivity index (χ4n) is 1.74. The van der Waals surface area contributed by atoms with Crippen molar-refractivity contribution < 1.29 is 13.2 Å². The molecule has 0 saturated heterocycles. The number of hydrogen-bond acceptors (Lipinski definition) is 3. The smallest absolute Gasteiger partial charge is 0.255 e. The molecule has 6 heteroatoms. The van der Waals surface area contributed by atoms with Gasteiger partial charge < -0.3 is 5.32 Å². The van der Waals surface area contributed by atoms with Gasteiger partial charge in [0.1, 0.15) is 0 Å². The Labute approximate surface area is 128 Å². The second kappa shape index (κ2) is 5.87. The van der Waals surface area contributed by atoms with E-state index in [9.17, 15) is 13.2 Å². The van der Waals surface area contributed by atoms with E-state index in [2.05, 4.69) is 5.32 Å². The van der Waals surface area contributed by atoms with E-state index < -0.39 is 9.84 Å². The van der Waals surface area contributed by atoms with Gasteiger partial charge in [0.2, 0.25) is 0 Å². The average molecular weight is 324 g/mol. The molecule has 0 atom stereocenters. The van der Waals surface area contributed by atoms with Crippen LogP contribution in [0.25, 0.3) is 0 Å². The highest BCUT2D eigenvalue weighted by molar-refractivity contribution is 7.90. The van der Waals surface area contributed by atoms with Gasteiger partial charge in [-0.25, -0.2) is 8.42 Å². The van der Waals surface area contributed by atoms with E-state index in [1.165, 1.54) is 18.2 Å². The van der Waals surface area contributed by atoms with E-state index in [-0.39, 0.29) is 16.4 Å². The SMILES string of the molecule is Cc1ccc(NC(=O)c2cccc(S(C)(=O)=O)c2)cc1Cl. The minimum Gasteiger partial charge on any atom is -0.322 e. The first kappa shape index (κ1) is 15.5. The van der Waals surface area contributed by atoms with Crippen LogP contribution >= 0.6 is 11.6 Å². The summed E-state index contributed by atoms with van der Waals surface area (Å²) in [6.45, 7) is 1.86. The second-order valence-electron chi connectivity index (χ2n) is 4.72. The lowest BCUT2D eigenvalue weighted by molar-refractivity contribution is 0.102. The van der Waals surface area contributed by atoms with Crippen molar-refractivity contribution in [3.63, 3.8) is 0 Å². The zero-order valence-corrected chi connectivity index (χ0v) is 13.1. The minimum atomic E-state index is -3.35. The maximum atomic E-state index is 12.1. The van der Waals surface area contributed by atoms with E-state index >= 15 is 0 Å². The number of nitrogens with one attached hydrogen (secondary N) is 1. The lowest BCUT2D eigenvalue weighted by atomic mass is 10.2. The highest BCUT2D eigenvalue weighted by Crippen LogP contribution is 2.21. The zero-order chi connectivity index (χ0) is 15.6. The molecule has 0 bridgehead atoms. The van der Waals surface area contributed by atoms with Crippen LogP contribution in [0.15, 0.2) is 47.4 Å². The summed E-state index contributed by atoms with van der Waals surface area (Å²) in [6, 6.07) is 11.1.